The van der Waals surface area contributed by atoms with Crippen LogP contribution in [0.25, 0.3) is 0 Å². The van der Waals surface area contributed by atoms with Gasteiger partial charge in [-0.2, -0.15) is 0 Å². The lowest BCUT2D eigenvalue weighted by atomic mass is 9.49. The van der Waals surface area contributed by atoms with Crippen LogP contribution in [-0.4, -0.2) is 34.7 Å². The van der Waals surface area contributed by atoms with E-state index in [1.807, 2.05) is 17.0 Å². The fourth-order valence-corrected chi connectivity index (χ4v) is 7.52. The van der Waals surface area contributed by atoms with Crippen molar-refractivity contribution in [1.29, 1.82) is 0 Å². The maximum Gasteiger partial charge on any atom is 0.257 e. The van der Waals surface area contributed by atoms with Crippen LogP contribution in [0, 0.1) is 23.2 Å². The van der Waals surface area contributed by atoms with E-state index < -0.39 is 6.04 Å². The van der Waals surface area contributed by atoms with E-state index in [0.29, 0.717) is 23.4 Å². The fraction of sp³-hybridized carbons (Fsp3) is 0.625. The Kier molecular flexibility index (Phi) is 4.22. The van der Waals surface area contributed by atoms with Crippen LogP contribution in [0.15, 0.2) is 28.7 Å². The van der Waals surface area contributed by atoms with Gasteiger partial charge in [-0.25, -0.2) is 4.90 Å². The number of carbonyl (C=O) groups is 3. The third-order valence-corrected chi connectivity index (χ3v) is 8.74. The standard InChI is InChI=1S/C24H27BrN2O3/c25-17-1-3-19(4-2-17)27-21(28)10-20(22(27)29)26(18-5-6-18)23(30)24-11-14-7-15(12-24)9-16(8-14)13-24/h1-4,14-16,18,20H,5-13H2. The zero-order valence-corrected chi connectivity index (χ0v) is 18.6. The summed E-state index contributed by atoms with van der Waals surface area (Å²) in [4.78, 5) is 43.5. The number of rotatable bonds is 4. The molecule has 1 unspecified atom stereocenters. The maximum atomic E-state index is 14.0. The molecule has 0 aromatic heterocycles. The smallest absolute Gasteiger partial charge is 0.257 e. The van der Waals surface area contributed by atoms with Crippen LogP contribution in [-0.2, 0) is 14.4 Å². The Morgan fingerprint density at radius 2 is 1.53 bits per heavy atom. The number of halogens is 1. The maximum absolute atomic E-state index is 14.0. The lowest BCUT2D eigenvalue weighted by Crippen LogP contribution is -2.58. The molecule has 158 valence electrons. The summed E-state index contributed by atoms with van der Waals surface area (Å²) in [6.45, 7) is 0. The second-order valence-electron chi connectivity index (χ2n) is 10.4. The number of nitrogens with zero attached hydrogens (tertiary/aromatic N) is 2. The van der Waals surface area contributed by atoms with Crippen LogP contribution in [0.1, 0.15) is 57.8 Å². The Morgan fingerprint density at radius 1 is 0.967 bits per heavy atom. The first-order valence-corrected chi connectivity index (χ1v) is 12.2. The minimum atomic E-state index is -0.630. The molecule has 0 radical (unpaired) electrons. The number of hydrogen-bond donors (Lipinski definition) is 0. The Hall–Kier alpha value is -1.69. The monoisotopic (exact) mass is 470 g/mol. The molecule has 0 spiro atoms. The number of amides is 3. The van der Waals surface area contributed by atoms with Gasteiger partial charge >= 0.3 is 0 Å². The first-order valence-electron chi connectivity index (χ1n) is 11.4. The van der Waals surface area contributed by atoms with E-state index in [1.54, 1.807) is 12.1 Å². The normalized spacial score (nSPS) is 37.2. The predicted molar refractivity (Wildman–Crippen MR) is 116 cm³/mol. The molecule has 1 aromatic rings. The largest absolute Gasteiger partial charge is 0.327 e. The van der Waals surface area contributed by atoms with Gasteiger partial charge in [-0.05, 0) is 93.4 Å². The zero-order valence-electron chi connectivity index (χ0n) is 17.1. The van der Waals surface area contributed by atoms with Gasteiger partial charge in [-0.15, -0.1) is 0 Å². The second kappa shape index (κ2) is 6.65. The highest BCUT2D eigenvalue weighted by Gasteiger charge is 2.59. The minimum Gasteiger partial charge on any atom is -0.327 e. The summed E-state index contributed by atoms with van der Waals surface area (Å²) in [6, 6.07) is 6.74. The SMILES string of the molecule is O=C1CC(N(C(=O)C23CC4CC(CC(C4)C2)C3)C2CC2)C(=O)N1c1ccc(Br)cc1. The van der Waals surface area contributed by atoms with E-state index in [-0.39, 0.29) is 35.6 Å². The van der Waals surface area contributed by atoms with Crippen LogP contribution < -0.4 is 4.90 Å². The topological polar surface area (TPSA) is 57.7 Å². The van der Waals surface area contributed by atoms with E-state index in [4.69, 9.17) is 0 Å². The van der Waals surface area contributed by atoms with Gasteiger partial charge in [-0.1, -0.05) is 15.9 Å². The van der Waals surface area contributed by atoms with Gasteiger partial charge in [0.05, 0.1) is 17.5 Å². The first kappa shape index (κ1) is 19.0. The molecular formula is C24H27BrN2O3. The van der Waals surface area contributed by atoms with Crippen molar-refractivity contribution < 1.29 is 14.4 Å². The molecule has 1 saturated heterocycles. The Labute approximate surface area is 185 Å². The second-order valence-corrected chi connectivity index (χ2v) is 11.3. The number of imide groups is 1. The van der Waals surface area contributed by atoms with Crippen LogP contribution in [0.4, 0.5) is 5.69 Å². The average Bonchev–Trinajstić information content (AvgIpc) is 3.48. The molecule has 6 aliphatic rings. The summed E-state index contributed by atoms with van der Waals surface area (Å²) in [6.07, 6.45) is 8.85. The highest BCUT2D eigenvalue weighted by atomic mass is 79.9. The van der Waals surface area contributed by atoms with E-state index in [9.17, 15) is 14.4 Å². The van der Waals surface area contributed by atoms with Crippen molar-refractivity contribution in [2.75, 3.05) is 4.90 Å². The highest BCUT2D eigenvalue weighted by molar-refractivity contribution is 9.10. The van der Waals surface area contributed by atoms with Gasteiger partial charge in [0.15, 0.2) is 0 Å². The number of carbonyl (C=O) groups excluding carboxylic acids is 3. The first-order chi connectivity index (χ1) is 14.4. The van der Waals surface area contributed by atoms with Crippen molar-refractivity contribution in [2.45, 2.75) is 69.9 Å². The highest BCUT2D eigenvalue weighted by Crippen LogP contribution is 2.61. The van der Waals surface area contributed by atoms with Gasteiger partial charge in [0.25, 0.3) is 5.91 Å². The molecule has 0 N–H and O–H groups in total. The molecule has 4 bridgehead atoms. The third-order valence-electron chi connectivity index (χ3n) is 8.21. The molecule has 1 heterocycles. The lowest BCUT2D eigenvalue weighted by molar-refractivity contribution is -0.162. The summed E-state index contributed by atoms with van der Waals surface area (Å²) in [5.41, 5.74) is 0.319. The predicted octanol–water partition coefficient (Wildman–Crippen LogP) is 4.29. The van der Waals surface area contributed by atoms with Crippen molar-refractivity contribution in [2.24, 2.45) is 23.2 Å². The van der Waals surface area contributed by atoms with Gasteiger partial charge < -0.3 is 4.90 Å². The van der Waals surface area contributed by atoms with Crippen molar-refractivity contribution in [3.63, 3.8) is 0 Å². The Bertz CT molecular complexity index is 888. The molecule has 6 fully saturated rings. The van der Waals surface area contributed by atoms with E-state index in [0.717, 1.165) is 36.6 Å². The molecule has 5 saturated carbocycles. The molecule has 3 amide bonds. The van der Waals surface area contributed by atoms with Crippen molar-refractivity contribution in [3.8, 4) is 0 Å². The molecule has 7 rings (SSSR count). The third kappa shape index (κ3) is 2.89. The zero-order chi connectivity index (χ0) is 20.6. The van der Waals surface area contributed by atoms with Gasteiger partial charge in [0.2, 0.25) is 11.8 Å². The quantitative estimate of drug-likeness (QED) is 0.616. The summed E-state index contributed by atoms with van der Waals surface area (Å²) in [7, 11) is 0. The Morgan fingerprint density at radius 3 is 2.07 bits per heavy atom. The fourth-order valence-electron chi connectivity index (χ4n) is 7.26. The molecular weight excluding hydrogens is 444 g/mol. The van der Waals surface area contributed by atoms with Crippen LogP contribution in [0.3, 0.4) is 0 Å². The molecule has 5 aliphatic carbocycles. The van der Waals surface area contributed by atoms with Crippen molar-refractivity contribution in [1.82, 2.24) is 4.90 Å². The van der Waals surface area contributed by atoms with Gasteiger partial charge in [-0.3, -0.25) is 14.4 Å². The summed E-state index contributed by atoms with van der Waals surface area (Å²) < 4.78 is 0.901. The summed E-state index contributed by atoms with van der Waals surface area (Å²) >= 11 is 3.40. The lowest BCUT2D eigenvalue weighted by Gasteiger charge is -2.57. The van der Waals surface area contributed by atoms with Gasteiger partial charge in [0.1, 0.15) is 6.04 Å². The molecule has 1 aliphatic heterocycles. The number of anilines is 1. The van der Waals surface area contributed by atoms with E-state index in [1.165, 1.54) is 24.2 Å². The molecule has 1 atom stereocenters. The average molecular weight is 471 g/mol. The van der Waals surface area contributed by atoms with E-state index in [2.05, 4.69) is 15.9 Å². The van der Waals surface area contributed by atoms with E-state index >= 15 is 0 Å². The number of benzene rings is 1. The molecule has 30 heavy (non-hydrogen) atoms. The van der Waals surface area contributed by atoms with Gasteiger partial charge in [0, 0.05) is 10.5 Å². The van der Waals surface area contributed by atoms with Crippen LogP contribution in [0.2, 0.25) is 0 Å². The number of hydrogen-bond acceptors (Lipinski definition) is 3. The van der Waals surface area contributed by atoms with Crippen LogP contribution in [0.5, 0.6) is 0 Å². The summed E-state index contributed by atoms with van der Waals surface area (Å²) in [5.74, 6) is 1.81. The Balaban J connectivity index is 1.30. The molecule has 1 aromatic carbocycles. The minimum absolute atomic E-state index is 0.115. The van der Waals surface area contributed by atoms with Crippen molar-refractivity contribution >= 4 is 39.3 Å². The van der Waals surface area contributed by atoms with Crippen molar-refractivity contribution in [3.05, 3.63) is 28.7 Å². The van der Waals surface area contributed by atoms with Crippen LogP contribution >= 0.6 is 15.9 Å². The summed E-state index contributed by atoms with van der Waals surface area (Å²) in [5, 5.41) is 0. The molecule has 6 heteroatoms. The molecule has 5 nitrogen and oxygen atoms in total.